The number of carbonyl (C=O) groups is 1. The highest BCUT2D eigenvalue weighted by molar-refractivity contribution is 7.64. The van der Waals surface area contributed by atoms with Gasteiger partial charge in [0.15, 0.2) is 0 Å². The normalized spacial score (nSPS) is 15.0. The molecule has 0 aliphatic heterocycles. The van der Waals surface area contributed by atoms with Gasteiger partial charge in [-0.3, -0.25) is 9.13 Å². The van der Waals surface area contributed by atoms with Gasteiger partial charge in [-0.05, 0) is 81.1 Å². The summed E-state index contributed by atoms with van der Waals surface area (Å²) in [4.78, 5) is 32.1. The summed E-state index contributed by atoms with van der Waals surface area (Å²) in [5, 5.41) is 0. The van der Waals surface area contributed by atoms with Crippen molar-refractivity contribution in [1.29, 1.82) is 0 Å². The Labute approximate surface area is 206 Å². The number of carbonyl (C=O) groups excluding carboxylic acids is 1. The van der Waals surface area contributed by atoms with E-state index in [0.717, 1.165) is 31.3 Å². The van der Waals surface area contributed by atoms with E-state index in [2.05, 4.69) is 32.9 Å². The second-order valence-corrected chi connectivity index (χ2v) is 13.5. The van der Waals surface area contributed by atoms with Gasteiger partial charge in [-0.2, -0.15) is 0 Å². The fraction of sp³-hybridized carbons (Fsp3) is 0.708. The standard InChI is InChI=1S/C24H45NO7P2/c1-19(2)11-9-12-20(3)13-10-14-21(4)15-16-25(23(26)31-24(6,7)8)17-22(5)32-33(27)18-34(28,29)30/h11,13,15,22,33H,9-10,12,14,16-18H2,1-8H3,(H2,28,29,30). The van der Waals surface area contributed by atoms with Crippen molar-refractivity contribution in [2.45, 2.75) is 92.8 Å². The number of amides is 1. The Kier molecular flexibility index (Phi) is 15.2. The first-order valence-corrected chi connectivity index (χ1v) is 15.0. The van der Waals surface area contributed by atoms with E-state index in [0.29, 0.717) is 0 Å². The molecule has 0 aliphatic carbocycles. The summed E-state index contributed by atoms with van der Waals surface area (Å²) in [7, 11) is -7.36. The van der Waals surface area contributed by atoms with Crippen molar-refractivity contribution in [2.24, 2.45) is 0 Å². The van der Waals surface area contributed by atoms with Crippen molar-refractivity contribution < 1.29 is 33.0 Å². The zero-order valence-corrected chi connectivity index (χ0v) is 24.0. The second-order valence-electron chi connectivity index (χ2n) is 9.97. The first-order valence-electron chi connectivity index (χ1n) is 11.6. The lowest BCUT2D eigenvalue weighted by Gasteiger charge is -2.28. The molecule has 0 aromatic rings. The minimum atomic E-state index is -4.43. The second kappa shape index (κ2) is 15.7. The van der Waals surface area contributed by atoms with Crippen LogP contribution < -0.4 is 0 Å². The summed E-state index contributed by atoms with van der Waals surface area (Å²) < 4.78 is 33.7. The lowest BCUT2D eigenvalue weighted by atomic mass is 10.1. The third-order valence-electron chi connectivity index (χ3n) is 4.58. The predicted molar refractivity (Wildman–Crippen MR) is 140 cm³/mol. The first kappa shape index (κ1) is 32.8. The van der Waals surface area contributed by atoms with Crippen molar-refractivity contribution in [3.63, 3.8) is 0 Å². The van der Waals surface area contributed by atoms with Crippen LogP contribution in [0.15, 0.2) is 34.9 Å². The monoisotopic (exact) mass is 521 g/mol. The number of hydrogen-bond donors (Lipinski definition) is 2. The summed E-state index contributed by atoms with van der Waals surface area (Å²) >= 11 is 0. The molecule has 34 heavy (non-hydrogen) atoms. The Morgan fingerprint density at radius 1 is 1.03 bits per heavy atom. The molecule has 0 radical (unpaired) electrons. The maximum absolute atomic E-state index is 12.7. The summed E-state index contributed by atoms with van der Waals surface area (Å²) in [5.74, 6) is -0.811. The molecule has 0 aliphatic rings. The van der Waals surface area contributed by atoms with Crippen LogP contribution in [0, 0.1) is 0 Å². The lowest BCUT2D eigenvalue weighted by Crippen LogP contribution is -2.40. The van der Waals surface area contributed by atoms with Crippen molar-refractivity contribution in [1.82, 2.24) is 4.90 Å². The van der Waals surface area contributed by atoms with Gasteiger partial charge in [-0.25, -0.2) is 4.79 Å². The van der Waals surface area contributed by atoms with Gasteiger partial charge in [-0.1, -0.05) is 34.9 Å². The van der Waals surface area contributed by atoms with E-state index in [4.69, 9.17) is 19.0 Å². The smallest absolute Gasteiger partial charge is 0.410 e. The minimum absolute atomic E-state index is 0.0830. The molecule has 198 valence electrons. The lowest BCUT2D eigenvalue weighted by molar-refractivity contribution is 0.0209. The van der Waals surface area contributed by atoms with Crippen molar-refractivity contribution >= 4 is 21.7 Å². The Hall–Kier alpha value is -1.17. The Morgan fingerprint density at radius 2 is 1.56 bits per heavy atom. The van der Waals surface area contributed by atoms with Crippen LogP contribution in [0.25, 0.3) is 0 Å². The molecule has 0 fully saturated rings. The summed E-state index contributed by atoms with van der Waals surface area (Å²) in [6.07, 6.45) is 9.11. The predicted octanol–water partition coefficient (Wildman–Crippen LogP) is 6.66. The molecular weight excluding hydrogens is 476 g/mol. The third kappa shape index (κ3) is 19.2. The molecule has 2 atom stereocenters. The highest BCUT2D eigenvalue weighted by atomic mass is 31.2. The van der Waals surface area contributed by atoms with Crippen molar-refractivity contribution in [3.05, 3.63) is 34.9 Å². The molecule has 1 amide bonds. The van der Waals surface area contributed by atoms with Crippen LogP contribution in [0.3, 0.4) is 0 Å². The van der Waals surface area contributed by atoms with Gasteiger partial charge >= 0.3 is 13.7 Å². The Bertz CT molecular complexity index is 803. The van der Waals surface area contributed by atoms with Gasteiger partial charge < -0.3 is 23.9 Å². The van der Waals surface area contributed by atoms with Gasteiger partial charge in [0.05, 0.1) is 12.6 Å². The van der Waals surface area contributed by atoms with Crippen LogP contribution in [-0.4, -0.2) is 51.5 Å². The third-order valence-corrected chi connectivity index (χ3v) is 7.93. The van der Waals surface area contributed by atoms with E-state index in [-0.39, 0.29) is 13.1 Å². The van der Waals surface area contributed by atoms with Crippen LogP contribution in [0.4, 0.5) is 4.79 Å². The Balaban J connectivity index is 5.02. The highest BCUT2D eigenvalue weighted by Gasteiger charge is 2.25. The van der Waals surface area contributed by atoms with E-state index in [1.165, 1.54) is 16.0 Å². The van der Waals surface area contributed by atoms with E-state index in [1.54, 1.807) is 27.7 Å². The Morgan fingerprint density at radius 3 is 2.06 bits per heavy atom. The van der Waals surface area contributed by atoms with Crippen LogP contribution >= 0.6 is 15.6 Å². The average Bonchev–Trinajstić information content (AvgIpc) is 2.61. The molecule has 0 saturated heterocycles. The zero-order chi connectivity index (χ0) is 26.5. The van der Waals surface area contributed by atoms with Gasteiger partial charge in [-0.15, -0.1) is 0 Å². The van der Waals surface area contributed by atoms with Gasteiger partial charge in [0, 0.05) is 6.54 Å². The van der Waals surface area contributed by atoms with Crippen LogP contribution in [0.5, 0.6) is 0 Å². The molecule has 0 spiro atoms. The molecule has 0 aromatic carbocycles. The van der Waals surface area contributed by atoms with Crippen LogP contribution in [0.1, 0.15) is 81.1 Å². The molecule has 10 heteroatoms. The summed E-state index contributed by atoms with van der Waals surface area (Å²) in [6.45, 7) is 15.7. The van der Waals surface area contributed by atoms with Crippen LogP contribution in [-0.2, 0) is 18.4 Å². The van der Waals surface area contributed by atoms with E-state index in [1.807, 2.05) is 13.0 Å². The van der Waals surface area contributed by atoms with E-state index < -0.39 is 39.3 Å². The highest BCUT2D eigenvalue weighted by Crippen LogP contribution is 2.45. The summed E-state index contributed by atoms with van der Waals surface area (Å²) in [6, 6.07) is 0. The quantitative estimate of drug-likeness (QED) is 0.194. The molecule has 2 unspecified atom stereocenters. The molecule has 2 N–H and O–H groups in total. The molecule has 0 rings (SSSR count). The van der Waals surface area contributed by atoms with Crippen molar-refractivity contribution in [2.75, 3.05) is 19.0 Å². The van der Waals surface area contributed by atoms with E-state index in [9.17, 15) is 13.9 Å². The number of hydrogen-bond acceptors (Lipinski definition) is 5. The topological polar surface area (TPSA) is 113 Å². The number of rotatable bonds is 14. The molecule has 0 heterocycles. The molecular formula is C24H45NO7P2. The largest absolute Gasteiger partial charge is 0.444 e. The molecule has 8 nitrogen and oxygen atoms in total. The zero-order valence-electron chi connectivity index (χ0n) is 22.1. The molecule has 0 aromatic heterocycles. The van der Waals surface area contributed by atoms with Crippen molar-refractivity contribution in [3.8, 4) is 0 Å². The number of ether oxygens (including phenoxy) is 1. The SMILES string of the molecule is CC(C)=CCCC(C)=CCCC(C)=CCN(CC(C)O[PH](=O)CP(=O)(O)O)C(=O)OC(C)(C)C. The van der Waals surface area contributed by atoms with Gasteiger partial charge in [0.25, 0.3) is 0 Å². The van der Waals surface area contributed by atoms with E-state index >= 15 is 0 Å². The van der Waals surface area contributed by atoms with Gasteiger partial charge in [0.1, 0.15) is 11.5 Å². The van der Waals surface area contributed by atoms with Crippen LogP contribution in [0.2, 0.25) is 0 Å². The van der Waals surface area contributed by atoms with Gasteiger partial charge in [0.2, 0.25) is 8.03 Å². The maximum atomic E-state index is 12.7. The first-order chi connectivity index (χ1) is 15.5. The fourth-order valence-electron chi connectivity index (χ4n) is 2.93. The fourth-order valence-corrected chi connectivity index (χ4v) is 5.10. The number of allylic oxidation sites excluding steroid dienone is 5. The maximum Gasteiger partial charge on any atom is 0.410 e. The molecule has 0 saturated carbocycles. The number of nitrogens with zero attached hydrogens (tertiary/aromatic N) is 1. The summed E-state index contributed by atoms with van der Waals surface area (Å²) in [5.41, 5.74) is 3.14. The average molecular weight is 522 g/mol. The minimum Gasteiger partial charge on any atom is -0.444 e. The molecule has 0 bridgehead atoms.